The molecule has 0 radical (unpaired) electrons. The lowest BCUT2D eigenvalue weighted by Crippen LogP contribution is -2.56. The Morgan fingerprint density at radius 2 is 1.84 bits per heavy atom. The number of guanidine groups is 1. The zero-order chi connectivity index (χ0) is 18.1. The fourth-order valence-corrected chi connectivity index (χ4v) is 2.37. The first kappa shape index (κ1) is 24.7. The van der Waals surface area contributed by atoms with Crippen LogP contribution in [0, 0.1) is 0 Å². The summed E-state index contributed by atoms with van der Waals surface area (Å²) in [6.07, 6.45) is -3.79. The Morgan fingerprint density at radius 3 is 2.40 bits per heavy atom. The lowest BCUT2D eigenvalue weighted by molar-refractivity contribution is -0.173. The molecule has 150 valence electrons. The molecule has 0 bridgehead atoms. The largest absolute Gasteiger partial charge is 0.411 e. The van der Waals surface area contributed by atoms with Crippen molar-refractivity contribution in [3.63, 3.8) is 0 Å². The standard InChI is InChI=1S/C15H29F3N4O2.HI/c1-14(2,22-6-9-23-10-7-22)11-21-13(19-3)20-5-4-8-24-12-15(16,17)18;/h4-12H2,1-3H3,(H2,19,20,21);1H. The average Bonchev–Trinajstić information content (AvgIpc) is 2.53. The third-order valence-electron chi connectivity index (χ3n) is 3.80. The van der Waals surface area contributed by atoms with Crippen molar-refractivity contribution in [1.82, 2.24) is 15.5 Å². The number of nitrogens with zero attached hydrogens (tertiary/aromatic N) is 2. The molecule has 0 unspecified atom stereocenters. The van der Waals surface area contributed by atoms with E-state index in [0.29, 0.717) is 25.5 Å². The van der Waals surface area contributed by atoms with Crippen LogP contribution < -0.4 is 10.6 Å². The molecule has 0 aromatic heterocycles. The van der Waals surface area contributed by atoms with Crippen LogP contribution in [0.4, 0.5) is 13.2 Å². The van der Waals surface area contributed by atoms with Crippen molar-refractivity contribution < 1.29 is 22.6 Å². The molecular formula is C15H30F3IN4O2. The Kier molecular flexibility index (Phi) is 12.0. The molecule has 10 heteroatoms. The molecule has 1 heterocycles. The maximum atomic E-state index is 11.9. The Hall–Kier alpha value is -0.330. The first-order valence-electron chi connectivity index (χ1n) is 8.16. The van der Waals surface area contributed by atoms with E-state index in [9.17, 15) is 13.2 Å². The molecule has 0 aromatic carbocycles. The highest BCUT2D eigenvalue weighted by Crippen LogP contribution is 2.15. The van der Waals surface area contributed by atoms with Crippen LogP contribution in [-0.2, 0) is 9.47 Å². The van der Waals surface area contributed by atoms with Gasteiger partial charge in [0.15, 0.2) is 5.96 Å². The summed E-state index contributed by atoms with van der Waals surface area (Å²) < 4.78 is 45.7. The fourth-order valence-electron chi connectivity index (χ4n) is 2.37. The van der Waals surface area contributed by atoms with Crippen molar-refractivity contribution in [2.24, 2.45) is 4.99 Å². The monoisotopic (exact) mass is 482 g/mol. The van der Waals surface area contributed by atoms with Crippen molar-refractivity contribution >= 4 is 29.9 Å². The number of nitrogens with one attached hydrogen (secondary N) is 2. The molecule has 1 aliphatic rings. The van der Waals surface area contributed by atoms with Gasteiger partial charge in [-0.25, -0.2) is 0 Å². The molecule has 1 fully saturated rings. The summed E-state index contributed by atoms with van der Waals surface area (Å²) in [5.41, 5.74) is -0.0444. The van der Waals surface area contributed by atoms with Gasteiger partial charge < -0.3 is 20.1 Å². The third-order valence-corrected chi connectivity index (χ3v) is 3.80. The van der Waals surface area contributed by atoms with Gasteiger partial charge in [-0.05, 0) is 20.3 Å². The van der Waals surface area contributed by atoms with Crippen LogP contribution in [0.3, 0.4) is 0 Å². The number of aliphatic imine (C=N–C) groups is 1. The van der Waals surface area contributed by atoms with Gasteiger partial charge in [0.05, 0.1) is 13.2 Å². The molecular weight excluding hydrogens is 452 g/mol. The van der Waals surface area contributed by atoms with E-state index in [4.69, 9.17) is 4.74 Å². The molecule has 1 rings (SSSR count). The first-order valence-corrected chi connectivity index (χ1v) is 8.16. The van der Waals surface area contributed by atoms with Crippen molar-refractivity contribution in [3.8, 4) is 0 Å². The molecule has 2 N–H and O–H groups in total. The minimum Gasteiger partial charge on any atom is -0.379 e. The van der Waals surface area contributed by atoms with E-state index in [1.54, 1.807) is 7.05 Å². The number of morpholine rings is 1. The third kappa shape index (κ3) is 11.1. The van der Waals surface area contributed by atoms with Gasteiger partial charge in [-0.2, -0.15) is 13.2 Å². The molecule has 25 heavy (non-hydrogen) atoms. The highest BCUT2D eigenvalue weighted by molar-refractivity contribution is 14.0. The van der Waals surface area contributed by atoms with E-state index < -0.39 is 12.8 Å². The number of rotatable bonds is 8. The summed E-state index contributed by atoms with van der Waals surface area (Å²) in [7, 11) is 1.66. The lowest BCUT2D eigenvalue weighted by Gasteiger charge is -2.41. The molecule has 0 aromatic rings. The van der Waals surface area contributed by atoms with Crippen LogP contribution >= 0.6 is 24.0 Å². The summed E-state index contributed by atoms with van der Waals surface area (Å²) in [6.45, 7) is 7.66. The molecule has 0 spiro atoms. The second-order valence-corrected chi connectivity index (χ2v) is 6.29. The van der Waals surface area contributed by atoms with Crippen LogP contribution in [0.5, 0.6) is 0 Å². The molecule has 0 atom stereocenters. The van der Waals surface area contributed by atoms with E-state index in [1.165, 1.54) is 0 Å². The quantitative estimate of drug-likeness (QED) is 0.240. The Balaban J connectivity index is 0.00000576. The fraction of sp³-hybridized carbons (Fsp3) is 0.933. The first-order chi connectivity index (χ1) is 11.2. The van der Waals surface area contributed by atoms with E-state index in [2.05, 4.69) is 39.1 Å². The van der Waals surface area contributed by atoms with E-state index in [-0.39, 0.29) is 36.1 Å². The van der Waals surface area contributed by atoms with E-state index >= 15 is 0 Å². The average molecular weight is 482 g/mol. The number of hydrogen-bond donors (Lipinski definition) is 2. The summed E-state index contributed by atoms with van der Waals surface area (Å²) in [6, 6.07) is 0. The van der Waals surface area contributed by atoms with Gasteiger partial charge in [-0.15, -0.1) is 24.0 Å². The van der Waals surface area contributed by atoms with Gasteiger partial charge in [-0.3, -0.25) is 9.89 Å². The summed E-state index contributed by atoms with van der Waals surface area (Å²) in [4.78, 5) is 6.49. The number of hydrogen-bond acceptors (Lipinski definition) is 4. The summed E-state index contributed by atoms with van der Waals surface area (Å²) >= 11 is 0. The number of ether oxygens (including phenoxy) is 2. The topological polar surface area (TPSA) is 58.1 Å². The van der Waals surface area contributed by atoms with E-state index in [0.717, 1.165) is 26.3 Å². The Bertz CT molecular complexity index is 389. The van der Waals surface area contributed by atoms with Gasteiger partial charge >= 0.3 is 6.18 Å². The van der Waals surface area contributed by atoms with Gasteiger partial charge in [0.2, 0.25) is 0 Å². The van der Waals surface area contributed by atoms with Crippen molar-refractivity contribution in [3.05, 3.63) is 0 Å². The van der Waals surface area contributed by atoms with Gasteiger partial charge in [0.1, 0.15) is 6.61 Å². The van der Waals surface area contributed by atoms with Crippen molar-refractivity contribution in [1.29, 1.82) is 0 Å². The minimum atomic E-state index is -4.27. The molecule has 1 saturated heterocycles. The Morgan fingerprint density at radius 1 is 1.20 bits per heavy atom. The highest BCUT2D eigenvalue weighted by atomic mass is 127. The second-order valence-electron chi connectivity index (χ2n) is 6.29. The second kappa shape index (κ2) is 12.1. The normalized spacial score (nSPS) is 17.1. The molecule has 1 aliphatic heterocycles. The van der Waals surface area contributed by atoms with Crippen molar-refractivity contribution in [2.75, 3.05) is 59.7 Å². The van der Waals surface area contributed by atoms with E-state index in [1.807, 2.05) is 0 Å². The molecule has 0 saturated carbocycles. The highest BCUT2D eigenvalue weighted by Gasteiger charge is 2.28. The maximum Gasteiger partial charge on any atom is 0.411 e. The predicted octanol–water partition coefficient (Wildman–Crippen LogP) is 1.85. The van der Waals surface area contributed by atoms with Gasteiger partial charge in [-0.1, -0.05) is 0 Å². The summed E-state index contributed by atoms with van der Waals surface area (Å²) in [5, 5.41) is 6.33. The van der Waals surface area contributed by atoms with Crippen LogP contribution in [0.1, 0.15) is 20.3 Å². The number of halogens is 4. The van der Waals surface area contributed by atoms with Gasteiger partial charge in [0.25, 0.3) is 0 Å². The summed E-state index contributed by atoms with van der Waals surface area (Å²) in [5.74, 6) is 0.632. The van der Waals surface area contributed by atoms with Crippen LogP contribution in [0.25, 0.3) is 0 Å². The lowest BCUT2D eigenvalue weighted by atomic mass is 10.0. The zero-order valence-electron chi connectivity index (χ0n) is 15.1. The van der Waals surface area contributed by atoms with Crippen LogP contribution in [0.15, 0.2) is 4.99 Å². The number of alkyl halides is 3. The minimum absolute atomic E-state index is 0. The molecule has 0 amide bonds. The Labute approximate surface area is 164 Å². The molecule has 0 aliphatic carbocycles. The zero-order valence-corrected chi connectivity index (χ0v) is 17.4. The predicted molar refractivity (Wildman–Crippen MR) is 103 cm³/mol. The maximum absolute atomic E-state index is 11.9. The molecule has 6 nitrogen and oxygen atoms in total. The van der Waals surface area contributed by atoms with Crippen molar-refractivity contribution in [2.45, 2.75) is 32.0 Å². The van der Waals surface area contributed by atoms with Gasteiger partial charge in [0, 0.05) is 45.4 Å². The van der Waals surface area contributed by atoms with Crippen LogP contribution in [-0.4, -0.2) is 82.2 Å². The smallest absolute Gasteiger partial charge is 0.379 e. The SMILES string of the molecule is CN=C(NCCCOCC(F)(F)F)NCC(C)(C)N1CCOCC1.I. The van der Waals surface area contributed by atoms with Crippen LogP contribution in [0.2, 0.25) is 0 Å².